The first kappa shape index (κ1) is 15.7. The summed E-state index contributed by atoms with van der Waals surface area (Å²) < 4.78 is 29.2. The summed E-state index contributed by atoms with van der Waals surface area (Å²) in [6.07, 6.45) is 3.09. The van der Waals surface area contributed by atoms with Crippen LogP contribution in [0.5, 0.6) is 0 Å². The maximum absolute atomic E-state index is 11.7. The van der Waals surface area contributed by atoms with Gasteiger partial charge in [0.1, 0.15) is 5.82 Å². The molecule has 1 aromatic heterocycles. The minimum Gasteiger partial charge on any atom is -0.359 e. The van der Waals surface area contributed by atoms with Gasteiger partial charge in [0, 0.05) is 36.1 Å². The number of aromatic nitrogens is 2. The van der Waals surface area contributed by atoms with Crippen molar-refractivity contribution in [1.29, 1.82) is 0 Å². The highest BCUT2D eigenvalue weighted by molar-refractivity contribution is 7.88. The van der Waals surface area contributed by atoms with Crippen molar-refractivity contribution in [3.8, 4) is 0 Å². The van der Waals surface area contributed by atoms with Crippen molar-refractivity contribution in [2.75, 3.05) is 24.7 Å². The molecule has 8 heteroatoms. The Bertz CT molecular complexity index is 562. The maximum atomic E-state index is 11.7. The molecular weight excluding hydrogens is 296 g/mol. The van der Waals surface area contributed by atoms with Gasteiger partial charge in [-0.25, -0.2) is 13.4 Å². The van der Waals surface area contributed by atoms with Gasteiger partial charge in [-0.05, 0) is 12.8 Å². The van der Waals surface area contributed by atoms with Crippen LogP contribution < -0.4 is 5.32 Å². The number of rotatable bonds is 4. The molecule has 6 nitrogen and oxygen atoms in total. The minimum absolute atomic E-state index is 0.0204. The summed E-state index contributed by atoms with van der Waals surface area (Å²) in [4.78, 5) is 4.46. The molecule has 0 unspecified atom stereocenters. The Morgan fingerprint density at radius 1 is 1.45 bits per heavy atom. The average molecular weight is 318 g/mol. The minimum atomic E-state index is -3.11. The number of anilines is 1. The third-order valence-electron chi connectivity index (χ3n) is 3.33. The number of hydrogen-bond acceptors (Lipinski definition) is 6. The Labute approximate surface area is 124 Å². The smallest absolute Gasteiger partial charge is 0.211 e. The highest BCUT2D eigenvalue weighted by Crippen LogP contribution is 2.24. The van der Waals surface area contributed by atoms with E-state index < -0.39 is 10.0 Å². The molecule has 1 aliphatic rings. The van der Waals surface area contributed by atoms with E-state index in [-0.39, 0.29) is 11.5 Å². The van der Waals surface area contributed by atoms with Crippen molar-refractivity contribution >= 4 is 26.7 Å². The summed E-state index contributed by atoms with van der Waals surface area (Å²) in [5, 5.41) is 3.98. The topological polar surface area (TPSA) is 75.2 Å². The van der Waals surface area contributed by atoms with E-state index in [0.29, 0.717) is 13.1 Å². The van der Waals surface area contributed by atoms with Gasteiger partial charge >= 0.3 is 0 Å². The molecule has 0 bridgehead atoms. The van der Waals surface area contributed by atoms with Gasteiger partial charge in [-0.2, -0.15) is 8.68 Å². The highest BCUT2D eigenvalue weighted by Gasteiger charge is 2.31. The predicted octanol–water partition coefficient (Wildman–Crippen LogP) is 1.67. The number of nitrogens with one attached hydrogen (secondary N) is 1. The molecule has 1 saturated heterocycles. The quantitative estimate of drug-likeness (QED) is 0.914. The van der Waals surface area contributed by atoms with Crippen molar-refractivity contribution < 1.29 is 8.42 Å². The SMILES string of the molecule is CC(C)(C)c1nsc(NC[C@@H]2CCCN2S(C)(=O)=O)n1. The number of nitrogens with zero attached hydrogens (tertiary/aromatic N) is 3. The van der Waals surface area contributed by atoms with E-state index in [1.54, 1.807) is 4.31 Å². The molecule has 1 atom stereocenters. The van der Waals surface area contributed by atoms with Crippen LogP contribution in [0.4, 0.5) is 5.13 Å². The summed E-state index contributed by atoms with van der Waals surface area (Å²) in [5.41, 5.74) is -0.0669. The van der Waals surface area contributed by atoms with Crippen LogP contribution in [0.15, 0.2) is 0 Å². The van der Waals surface area contributed by atoms with Crippen LogP contribution >= 0.6 is 11.5 Å². The van der Waals surface area contributed by atoms with Crippen LogP contribution in [0.3, 0.4) is 0 Å². The molecule has 1 aliphatic heterocycles. The lowest BCUT2D eigenvalue weighted by Gasteiger charge is -2.22. The van der Waals surface area contributed by atoms with E-state index in [2.05, 4.69) is 35.4 Å². The average Bonchev–Trinajstić information content (AvgIpc) is 2.93. The van der Waals surface area contributed by atoms with E-state index in [0.717, 1.165) is 23.8 Å². The van der Waals surface area contributed by atoms with E-state index in [4.69, 9.17) is 0 Å². The van der Waals surface area contributed by atoms with Crippen LogP contribution in [0.25, 0.3) is 0 Å². The molecule has 1 aromatic rings. The van der Waals surface area contributed by atoms with Crippen molar-refractivity contribution in [1.82, 2.24) is 13.7 Å². The standard InChI is InChI=1S/C12H22N4O2S2/c1-12(2,3)10-14-11(19-15-10)13-8-9-6-5-7-16(9)20(4,17)18/h9H,5-8H2,1-4H3,(H,13,14,15)/t9-/m0/s1. The van der Waals surface area contributed by atoms with Gasteiger partial charge in [0.2, 0.25) is 15.2 Å². The van der Waals surface area contributed by atoms with Crippen molar-refractivity contribution in [3.05, 3.63) is 5.82 Å². The first-order valence-corrected chi connectivity index (χ1v) is 9.35. The lowest BCUT2D eigenvalue weighted by atomic mass is 9.96. The molecule has 0 amide bonds. The first-order chi connectivity index (χ1) is 9.18. The van der Waals surface area contributed by atoms with E-state index in [1.165, 1.54) is 17.8 Å². The zero-order valence-electron chi connectivity index (χ0n) is 12.4. The normalized spacial score (nSPS) is 21.3. The summed E-state index contributed by atoms with van der Waals surface area (Å²) >= 11 is 1.33. The Morgan fingerprint density at radius 2 is 2.15 bits per heavy atom. The summed E-state index contributed by atoms with van der Waals surface area (Å²) in [5.74, 6) is 0.816. The molecule has 114 valence electrons. The molecular formula is C12H22N4O2S2. The summed E-state index contributed by atoms with van der Waals surface area (Å²) in [6.45, 7) is 7.42. The third kappa shape index (κ3) is 3.67. The number of sulfonamides is 1. The largest absolute Gasteiger partial charge is 0.359 e. The first-order valence-electron chi connectivity index (χ1n) is 6.73. The summed E-state index contributed by atoms with van der Waals surface area (Å²) in [7, 11) is -3.11. The van der Waals surface area contributed by atoms with Crippen LogP contribution in [-0.4, -0.2) is 47.5 Å². The van der Waals surface area contributed by atoms with Gasteiger partial charge < -0.3 is 5.32 Å². The fourth-order valence-corrected chi connectivity index (χ4v) is 4.20. The monoisotopic (exact) mass is 318 g/mol. The van der Waals surface area contributed by atoms with E-state index in [9.17, 15) is 8.42 Å². The molecule has 1 N–H and O–H groups in total. The zero-order valence-corrected chi connectivity index (χ0v) is 14.0. The highest BCUT2D eigenvalue weighted by atomic mass is 32.2. The Balaban J connectivity index is 1.97. The van der Waals surface area contributed by atoms with Crippen molar-refractivity contribution in [3.63, 3.8) is 0 Å². The third-order valence-corrected chi connectivity index (χ3v) is 5.34. The van der Waals surface area contributed by atoms with E-state index in [1.807, 2.05) is 0 Å². The van der Waals surface area contributed by atoms with Gasteiger partial charge in [-0.3, -0.25) is 0 Å². The van der Waals surface area contributed by atoms with Gasteiger partial charge in [-0.1, -0.05) is 20.8 Å². The van der Waals surface area contributed by atoms with Crippen LogP contribution in [-0.2, 0) is 15.4 Å². The fraction of sp³-hybridized carbons (Fsp3) is 0.833. The molecule has 0 aromatic carbocycles. The summed E-state index contributed by atoms with van der Waals surface area (Å²) in [6, 6.07) is 0.0204. The van der Waals surface area contributed by atoms with Gasteiger partial charge in [0.15, 0.2) is 0 Å². The van der Waals surface area contributed by atoms with E-state index >= 15 is 0 Å². The Morgan fingerprint density at radius 3 is 2.70 bits per heavy atom. The molecule has 2 rings (SSSR count). The second-order valence-corrected chi connectivity index (χ2v) is 8.91. The Hall–Kier alpha value is -0.730. The second-order valence-electron chi connectivity index (χ2n) is 6.22. The van der Waals surface area contributed by atoms with Crippen LogP contribution in [0, 0.1) is 0 Å². The van der Waals surface area contributed by atoms with Crippen LogP contribution in [0.1, 0.15) is 39.4 Å². The lowest BCUT2D eigenvalue weighted by molar-refractivity contribution is 0.402. The lowest BCUT2D eigenvalue weighted by Crippen LogP contribution is -2.38. The molecule has 20 heavy (non-hydrogen) atoms. The molecule has 0 aliphatic carbocycles. The van der Waals surface area contributed by atoms with Crippen molar-refractivity contribution in [2.24, 2.45) is 0 Å². The van der Waals surface area contributed by atoms with Crippen LogP contribution in [0.2, 0.25) is 0 Å². The predicted molar refractivity (Wildman–Crippen MR) is 81.7 cm³/mol. The van der Waals surface area contributed by atoms with Gasteiger partial charge in [0.05, 0.1) is 6.26 Å². The van der Waals surface area contributed by atoms with Gasteiger partial charge in [0.25, 0.3) is 0 Å². The Kier molecular flexibility index (Phi) is 4.36. The molecule has 2 heterocycles. The van der Waals surface area contributed by atoms with Crippen molar-refractivity contribution in [2.45, 2.75) is 45.1 Å². The number of hydrogen-bond donors (Lipinski definition) is 1. The molecule has 0 radical (unpaired) electrons. The second kappa shape index (κ2) is 5.57. The molecule has 0 saturated carbocycles. The maximum Gasteiger partial charge on any atom is 0.211 e. The fourth-order valence-electron chi connectivity index (χ4n) is 2.25. The molecule has 1 fully saturated rings. The molecule has 0 spiro atoms. The van der Waals surface area contributed by atoms with Gasteiger partial charge in [-0.15, -0.1) is 0 Å². The zero-order chi connectivity index (χ0) is 15.0.